The minimum atomic E-state index is -2.73. The van der Waals surface area contributed by atoms with Gasteiger partial charge in [-0.1, -0.05) is 343 Å². The van der Waals surface area contributed by atoms with Gasteiger partial charge in [-0.05, 0) is 43.9 Å². The predicted octanol–water partition coefficient (Wildman–Crippen LogP) is 21.7. The van der Waals surface area contributed by atoms with Crippen molar-refractivity contribution in [1.82, 2.24) is 0 Å². The summed E-state index contributed by atoms with van der Waals surface area (Å²) in [6.45, 7) is 14.8. The summed E-state index contributed by atoms with van der Waals surface area (Å²) in [5, 5.41) is 33.2. The first kappa shape index (κ1) is 74.0. The molecule has 8 heteroatoms. The molecule has 0 saturated heterocycles. The standard InChI is InChI=1S/C68H130O8/c1-59(2)53-47-41-35-29-23-17-11-8-14-20-26-32-38-44-50-56-67(65(72)73,57-51-45-39-33-27-21-15-9-12-18-24-30-36-42-48-54-60(3)4)68(66(74)75,63(62(7)69)64(70)71)76-58-52-46-40-34-28-22-16-10-13-19-25-31-37-43-49-55-61(5)6/h59-61,63H,8-58H2,1-7H3,(H,70,71)(H,72,73)(H,74,75). The van der Waals surface area contributed by atoms with E-state index in [0.29, 0.717) is 19.3 Å². The summed E-state index contributed by atoms with van der Waals surface area (Å²) in [4.78, 5) is 54.2. The molecule has 0 spiro atoms. The molecule has 0 heterocycles. The van der Waals surface area contributed by atoms with E-state index in [-0.39, 0.29) is 19.4 Å². The van der Waals surface area contributed by atoms with Crippen LogP contribution in [0.4, 0.5) is 0 Å². The maximum Gasteiger partial charge on any atom is 0.338 e. The smallest absolute Gasteiger partial charge is 0.338 e. The Kier molecular flexibility index (Phi) is 49.9. The van der Waals surface area contributed by atoms with Crippen LogP contribution in [-0.4, -0.2) is 51.2 Å². The Morgan fingerprint density at radius 1 is 0.316 bits per heavy atom. The number of rotatable bonds is 61. The molecule has 0 aromatic rings. The minimum absolute atomic E-state index is 0.0417. The molecule has 0 aromatic heterocycles. The molecular weight excluding hydrogens is 945 g/mol. The van der Waals surface area contributed by atoms with Crippen LogP contribution in [0.2, 0.25) is 0 Å². The third-order valence-electron chi connectivity index (χ3n) is 17.0. The lowest BCUT2D eigenvalue weighted by Crippen LogP contribution is -2.67. The zero-order chi connectivity index (χ0) is 56.4. The van der Waals surface area contributed by atoms with Gasteiger partial charge in [-0.2, -0.15) is 0 Å². The first-order chi connectivity index (χ1) is 36.7. The second-order valence-corrected chi connectivity index (χ2v) is 25.6. The van der Waals surface area contributed by atoms with Crippen molar-refractivity contribution in [1.29, 1.82) is 0 Å². The van der Waals surface area contributed by atoms with Crippen LogP contribution in [0, 0.1) is 29.1 Å². The Bertz CT molecular complexity index is 1290. The maximum atomic E-state index is 13.9. The van der Waals surface area contributed by atoms with E-state index in [1.165, 1.54) is 212 Å². The van der Waals surface area contributed by atoms with Gasteiger partial charge in [-0.25, -0.2) is 4.79 Å². The summed E-state index contributed by atoms with van der Waals surface area (Å²) in [5.41, 5.74) is -4.81. The number of ether oxygens (including phenoxy) is 1. The van der Waals surface area contributed by atoms with Crippen LogP contribution in [0.1, 0.15) is 370 Å². The zero-order valence-electron chi connectivity index (χ0n) is 51.8. The topological polar surface area (TPSA) is 138 Å². The lowest BCUT2D eigenvalue weighted by atomic mass is 9.59. The highest BCUT2D eigenvalue weighted by atomic mass is 16.5. The number of aliphatic carboxylic acids is 3. The molecule has 0 aliphatic carbocycles. The van der Waals surface area contributed by atoms with E-state index >= 15 is 0 Å². The molecular formula is C68H130O8. The number of carbonyl (C=O) groups excluding carboxylic acids is 1. The van der Waals surface area contributed by atoms with Crippen molar-refractivity contribution >= 4 is 23.7 Å². The third kappa shape index (κ3) is 38.6. The molecule has 0 fully saturated rings. The normalized spacial score (nSPS) is 13.3. The highest BCUT2D eigenvalue weighted by Gasteiger charge is 2.69. The molecule has 450 valence electrons. The number of carbonyl (C=O) groups is 4. The zero-order valence-corrected chi connectivity index (χ0v) is 51.8. The molecule has 0 aliphatic rings. The van der Waals surface area contributed by atoms with Crippen LogP contribution in [0.15, 0.2) is 0 Å². The fraction of sp³-hybridized carbons (Fsp3) is 0.941. The summed E-state index contributed by atoms with van der Waals surface area (Å²) < 4.78 is 6.32. The van der Waals surface area contributed by atoms with Crippen molar-refractivity contribution in [3.63, 3.8) is 0 Å². The van der Waals surface area contributed by atoms with Crippen molar-refractivity contribution < 1.29 is 39.2 Å². The lowest BCUT2D eigenvalue weighted by Gasteiger charge is -2.47. The summed E-state index contributed by atoms with van der Waals surface area (Å²) in [6.07, 6.45) is 56.1. The van der Waals surface area contributed by atoms with Gasteiger partial charge >= 0.3 is 17.9 Å². The van der Waals surface area contributed by atoms with Gasteiger partial charge in [0.25, 0.3) is 0 Å². The van der Waals surface area contributed by atoms with Crippen LogP contribution in [0.5, 0.6) is 0 Å². The maximum absolute atomic E-state index is 13.9. The van der Waals surface area contributed by atoms with E-state index in [2.05, 4.69) is 41.5 Å². The molecule has 2 atom stereocenters. The van der Waals surface area contributed by atoms with E-state index in [0.717, 1.165) is 102 Å². The number of carboxylic acid groups (broad SMARTS) is 3. The molecule has 0 rings (SSSR count). The second kappa shape index (κ2) is 51.2. The van der Waals surface area contributed by atoms with Crippen LogP contribution in [-0.2, 0) is 23.9 Å². The Labute approximate surface area is 471 Å². The molecule has 0 aliphatic heterocycles. The van der Waals surface area contributed by atoms with Gasteiger partial charge in [0.1, 0.15) is 11.2 Å². The number of carboxylic acids is 3. The monoisotopic (exact) mass is 1070 g/mol. The SMILES string of the molecule is CC(=O)C(C(=O)O)C(OCCCCCCCCCCCCCCCCCC(C)C)(C(=O)O)C(CCCCCCCCCCCCCCCCCC(C)C)(CCCCCCCCCCCCCCCCCC(C)C)C(=O)O. The van der Waals surface area contributed by atoms with Crippen molar-refractivity contribution in [3.8, 4) is 0 Å². The molecule has 0 amide bonds. The van der Waals surface area contributed by atoms with Gasteiger partial charge in [0.05, 0.1) is 0 Å². The average molecular weight is 1080 g/mol. The number of unbranched alkanes of at least 4 members (excludes halogenated alkanes) is 42. The van der Waals surface area contributed by atoms with Crippen LogP contribution < -0.4 is 0 Å². The summed E-state index contributed by atoms with van der Waals surface area (Å²) in [6, 6.07) is 0. The van der Waals surface area contributed by atoms with Gasteiger partial charge in [-0.15, -0.1) is 0 Å². The lowest BCUT2D eigenvalue weighted by molar-refractivity contribution is -0.219. The van der Waals surface area contributed by atoms with Crippen molar-refractivity contribution in [2.45, 2.75) is 375 Å². The summed E-state index contributed by atoms with van der Waals surface area (Å²) in [7, 11) is 0. The number of Topliss-reactive ketones (excluding diaryl/α,β-unsaturated/α-hetero) is 1. The van der Waals surface area contributed by atoms with Crippen LogP contribution in [0.25, 0.3) is 0 Å². The Hall–Kier alpha value is -1.96. The number of hydrogen-bond donors (Lipinski definition) is 3. The first-order valence-corrected chi connectivity index (χ1v) is 33.5. The first-order valence-electron chi connectivity index (χ1n) is 33.5. The number of ketones is 1. The van der Waals surface area contributed by atoms with Gasteiger partial charge in [0, 0.05) is 6.61 Å². The Morgan fingerprint density at radius 2 is 0.526 bits per heavy atom. The van der Waals surface area contributed by atoms with E-state index in [1.54, 1.807) is 0 Å². The average Bonchev–Trinajstić information content (AvgIpc) is 3.36. The van der Waals surface area contributed by atoms with Crippen molar-refractivity contribution in [3.05, 3.63) is 0 Å². The largest absolute Gasteiger partial charge is 0.481 e. The molecule has 0 bridgehead atoms. The summed E-state index contributed by atoms with van der Waals surface area (Å²) in [5.74, 6) is -5.24. The summed E-state index contributed by atoms with van der Waals surface area (Å²) >= 11 is 0. The van der Waals surface area contributed by atoms with Gasteiger partial charge in [0.2, 0.25) is 5.60 Å². The van der Waals surface area contributed by atoms with Gasteiger partial charge in [0.15, 0.2) is 5.92 Å². The van der Waals surface area contributed by atoms with Crippen LogP contribution in [0.3, 0.4) is 0 Å². The Morgan fingerprint density at radius 3 is 0.711 bits per heavy atom. The minimum Gasteiger partial charge on any atom is -0.481 e. The molecule has 0 saturated carbocycles. The second-order valence-electron chi connectivity index (χ2n) is 25.6. The molecule has 0 radical (unpaired) electrons. The quantitative estimate of drug-likeness (QED) is 0.0404. The van der Waals surface area contributed by atoms with Crippen molar-refractivity contribution in [2.24, 2.45) is 29.1 Å². The molecule has 8 nitrogen and oxygen atoms in total. The van der Waals surface area contributed by atoms with Gasteiger partial charge in [-0.3, -0.25) is 14.4 Å². The fourth-order valence-corrected chi connectivity index (χ4v) is 12.1. The van der Waals surface area contributed by atoms with E-state index in [9.17, 15) is 34.5 Å². The van der Waals surface area contributed by atoms with Crippen LogP contribution >= 0.6 is 0 Å². The molecule has 2 unspecified atom stereocenters. The highest BCUT2D eigenvalue weighted by Crippen LogP contribution is 2.50. The van der Waals surface area contributed by atoms with E-state index < -0.39 is 40.6 Å². The molecule has 76 heavy (non-hydrogen) atoms. The van der Waals surface area contributed by atoms with Gasteiger partial charge < -0.3 is 20.1 Å². The highest BCUT2D eigenvalue weighted by molar-refractivity contribution is 6.06. The third-order valence-corrected chi connectivity index (χ3v) is 17.0. The molecule has 0 aromatic carbocycles. The number of hydrogen-bond acceptors (Lipinski definition) is 5. The predicted molar refractivity (Wildman–Crippen MR) is 324 cm³/mol. The fourth-order valence-electron chi connectivity index (χ4n) is 12.1. The Balaban J connectivity index is 5.43. The van der Waals surface area contributed by atoms with E-state index in [1.807, 2.05) is 0 Å². The van der Waals surface area contributed by atoms with E-state index in [4.69, 9.17) is 4.74 Å². The molecule has 3 N–H and O–H groups in total. The van der Waals surface area contributed by atoms with Crippen molar-refractivity contribution in [2.75, 3.05) is 6.61 Å².